The molecule has 0 fully saturated rings. The number of allylic oxidation sites excluding steroid dienone is 2. The van der Waals surface area contributed by atoms with Crippen LogP contribution >= 0.6 is 0 Å². The van der Waals surface area contributed by atoms with Crippen LogP contribution in [-0.2, 0) is 17.6 Å². The van der Waals surface area contributed by atoms with Crippen LogP contribution in [0, 0.1) is 0 Å². The van der Waals surface area contributed by atoms with Gasteiger partial charge < -0.3 is 23.7 Å². The highest BCUT2D eigenvalue weighted by atomic mass is 16.6. The molecular weight excluding hydrogens is 368 g/mol. The Balaban J connectivity index is 1.70. The van der Waals surface area contributed by atoms with Crippen molar-refractivity contribution in [2.75, 3.05) is 40.6 Å². The quantitative estimate of drug-likeness (QED) is 0.343. The van der Waals surface area contributed by atoms with Crippen LogP contribution in [0.1, 0.15) is 11.1 Å². The molecule has 156 valence electrons. The Kier molecular flexibility index (Phi) is 9.66. The van der Waals surface area contributed by atoms with Gasteiger partial charge in [-0.15, -0.1) is 13.2 Å². The van der Waals surface area contributed by atoms with E-state index in [9.17, 15) is 0 Å². The van der Waals surface area contributed by atoms with Gasteiger partial charge in [-0.2, -0.15) is 0 Å². The fourth-order valence-corrected chi connectivity index (χ4v) is 2.77. The molecule has 0 heterocycles. The van der Waals surface area contributed by atoms with E-state index in [4.69, 9.17) is 23.7 Å². The van der Waals surface area contributed by atoms with E-state index in [0.29, 0.717) is 49.4 Å². The van der Waals surface area contributed by atoms with E-state index < -0.39 is 0 Å². The predicted octanol–water partition coefficient (Wildman–Crippen LogP) is 4.64. The summed E-state index contributed by atoms with van der Waals surface area (Å²) in [5, 5.41) is 0. The Bertz CT molecular complexity index is 719. The highest BCUT2D eigenvalue weighted by Crippen LogP contribution is 2.29. The van der Waals surface area contributed by atoms with Gasteiger partial charge in [0.15, 0.2) is 23.0 Å². The first kappa shape index (κ1) is 22.4. The summed E-state index contributed by atoms with van der Waals surface area (Å²) >= 11 is 0. The zero-order valence-corrected chi connectivity index (χ0v) is 17.3. The Morgan fingerprint density at radius 3 is 1.48 bits per heavy atom. The number of hydrogen-bond acceptors (Lipinski definition) is 5. The second kappa shape index (κ2) is 12.5. The molecule has 0 aliphatic carbocycles. The summed E-state index contributed by atoms with van der Waals surface area (Å²) in [4.78, 5) is 0. The highest BCUT2D eigenvalue weighted by molar-refractivity contribution is 5.44. The third kappa shape index (κ3) is 7.20. The van der Waals surface area contributed by atoms with E-state index in [1.165, 1.54) is 0 Å². The minimum absolute atomic E-state index is 0.427. The van der Waals surface area contributed by atoms with Gasteiger partial charge in [0.1, 0.15) is 13.2 Å². The lowest BCUT2D eigenvalue weighted by molar-refractivity contribution is 0.0750. The average molecular weight is 398 g/mol. The standard InChI is InChI=1S/C24H30O5/c1-5-7-19-9-11-21(23(17-19)25-3)28-15-13-27-14-16-29-22-12-10-20(8-6-2)18-24(22)26-4/h5-6,9-12,17-18H,1-2,7-8,13-16H2,3-4H3. The first-order chi connectivity index (χ1) is 14.2. The Labute approximate surface area is 173 Å². The zero-order chi connectivity index (χ0) is 20.9. The number of ether oxygens (including phenoxy) is 5. The summed E-state index contributed by atoms with van der Waals surface area (Å²) in [6, 6.07) is 11.7. The Hall–Kier alpha value is -2.92. The normalized spacial score (nSPS) is 10.3. The van der Waals surface area contributed by atoms with Gasteiger partial charge in [0.25, 0.3) is 0 Å². The van der Waals surface area contributed by atoms with Crippen LogP contribution in [0.5, 0.6) is 23.0 Å². The van der Waals surface area contributed by atoms with Crippen molar-refractivity contribution < 1.29 is 23.7 Å². The SMILES string of the molecule is C=CCc1ccc(OCCOCCOc2ccc(CC=C)cc2OC)c(OC)c1. The third-order valence-electron chi connectivity index (χ3n) is 4.19. The molecule has 0 saturated carbocycles. The number of rotatable bonds is 14. The third-order valence-corrected chi connectivity index (χ3v) is 4.19. The van der Waals surface area contributed by atoms with Crippen LogP contribution < -0.4 is 18.9 Å². The maximum atomic E-state index is 5.75. The van der Waals surface area contributed by atoms with Gasteiger partial charge in [-0.25, -0.2) is 0 Å². The molecule has 0 aliphatic heterocycles. The lowest BCUT2D eigenvalue weighted by Crippen LogP contribution is -2.12. The second-order valence-electron chi connectivity index (χ2n) is 6.27. The van der Waals surface area contributed by atoms with Gasteiger partial charge in [-0.1, -0.05) is 24.3 Å². The van der Waals surface area contributed by atoms with Gasteiger partial charge in [-0.05, 0) is 48.2 Å². The summed E-state index contributed by atoms with van der Waals surface area (Å²) in [5.74, 6) is 2.81. The molecule has 0 N–H and O–H groups in total. The lowest BCUT2D eigenvalue weighted by Gasteiger charge is -2.13. The molecule has 0 aliphatic rings. The summed E-state index contributed by atoms with van der Waals surface area (Å²) < 4.78 is 27.9. The van der Waals surface area contributed by atoms with Crippen LogP contribution in [-0.4, -0.2) is 40.6 Å². The van der Waals surface area contributed by atoms with Crippen LogP contribution in [0.15, 0.2) is 61.7 Å². The first-order valence-corrected chi connectivity index (χ1v) is 9.60. The maximum absolute atomic E-state index is 5.75. The van der Waals surface area contributed by atoms with E-state index in [0.717, 1.165) is 24.0 Å². The van der Waals surface area contributed by atoms with E-state index >= 15 is 0 Å². The number of hydrogen-bond donors (Lipinski definition) is 0. The van der Waals surface area contributed by atoms with E-state index in [1.807, 2.05) is 48.6 Å². The molecule has 0 atom stereocenters. The van der Waals surface area contributed by atoms with Gasteiger partial charge in [0.05, 0.1) is 27.4 Å². The summed E-state index contributed by atoms with van der Waals surface area (Å²) in [6.45, 7) is 9.26. The predicted molar refractivity (Wildman–Crippen MR) is 116 cm³/mol. The minimum atomic E-state index is 0.427. The molecule has 0 unspecified atom stereocenters. The van der Waals surface area contributed by atoms with Gasteiger partial charge in [-0.3, -0.25) is 0 Å². The molecule has 5 nitrogen and oxygen atoms in total. The van der Waals surface area contributed by atoms with Crippen molar-refractivity contribution in [1.29, 1.82) is 0 Å². The molecule has 0 spiro atoms. The summed E-state index contributed by atoms with van der Waals surface area (Å²) in [7, 11) is 3.26. The summed E-state index contributed by atoms with van der Waals surface area (Å²) in [5.41, 5.74) is 2.26. The largest absolute Gasteiger partial charge is 0.493 e. The number of benzene rings is 2. The fourth-order valence-electron chi connectivity index (χ4n) is 2.77. The van der Waals surface area contributed by atoms with Crippen LogP contribution in [0.4, 0.5) is 0 Å². The molecule has 2 aromatic carbocycles. The van der Waals surface area contributed by atoms with Crippen molar-refractivity contribution >= 4 is 0 Å². The molecular formula is C24H30O5. The molecule has 0 bridgehead atoms. The first-order valence-electron chi connectivity index (χ1n) is 9.60. The minimum Gasteiger partial charge on any atom is -0.493 e. The van der Waals surface area contributed by atoms with E-state index in [-0.39, 0.29) is 0 Å². The molecule has 5 heteroatoms. The van der Waals surface area contributed by atoms with E-state index in [2.05, 4.69) is 13.2 Å². The van der Waals surface area contributed by atoms with Crippen LogP contribution in [0.2, 0.25) is 0 Å². The molecule has 0 aromatic heterocycles. The molecule has 29 heavy (non-hydrogen) atoms. The topological polar surface area (TPSA) is 46.2 Å². The van der Waals surface area contributed by atoms with Gasteiger partial charge >= 0.3 is 0 Å². The highest BCUT2D eigenvalue weighted by Gasteiger charge is 2.07. The Morgan fingerprint density at radius 1 is 0.655 bits per heavy atom. The van der Waals surface area contributed by atoms with Crippen LogP contribution in [0.3, 0.4) is 0 Å². The van der Waals surface area contributed by atoms with Gasteiger partial charge in [0.2, 0.25) is 0 Å². The van der Waals surface area contributed by atoms with Gasteiger partial charge in [0, 0.05) is 0 Å². The average Bonchev–Trinajstić information content (AvgIpc) is 2.74. The molecule has 0 amide bonds. The fraction of sp³-hybridized carbons (Fsp3) is 0.333. The molecule has 2 aromatic rings. The lowest BCUT2D eigenvalue weighted by atomic mass is 10.1. The maximum Gasteiger partial charge on any atom is 0.161 e. The monoisotopic (exact) mass is 398 g/mol. The second-order valence-corrected chi connectivity index (χ2v) is 6.27. The zero-order valence-electron chi connectivity index (χ0n) is 17.3. The van der Waals surface area contributed by atoms with Crippen LogP contribution in [0.25, 0.3) is 0 Å². The summed E-state index contributed by atoms with van der Waals surface area (Å²) in [6.07, 6.45) is 5.30. The number of methoxy groups -OCH3 is 2. The molecule has 2 rings (SSSR count). The van der Waals surface area contributed by atoms with Crippen molar-refractivity contribution in [3.8, 4) is 23.0 Å². The van der Waals surface area contributed by atoms with Crippen molar-refractivity contribution in [2.45, 2.75) is 12.8 Å². The molecule has 0 radical (unpaired) electrons. The Morgan fingerprint density at radius 2 is 1.10 bits per heavy atom. The van der Waals surface area contributed by atoms with Crippen molar-refractivity contribution in [2.24, 2.45) is 0 Å². The van der Waals surface area contributed by atoms with Crippen molar-refractivity contribution in [1.82, 2.24) is 0 Å². The smallest absolute Gasteiger partial charge is 0.161 e. The molecule has 0 saturated heterocycles. The van der Waals surface area contributed by atoms with Crippen molar-refractivity contribution in [3.63, 3.8) is 0 Å². The van der Waals surface area contributed by atoms with Crippen molar-refractivity contribution in [3.05, 3.63) is 72.8 Å². The van der Waals surface area contributed by atoms with E-state index in [1.54, 1.807) is 14.2 Å².